The van der Waals surface area contributed by atoms with Crippen LogP contribution in [-0.2, 0) is 23.6 Å². The van der Waals surface area contributed by atoms with Crippen molar-refractivity contribution >= 4 is 25.2 Å². The molecule has 0 bridgehead atoms. The fourth-order valence-electron chi connectivity index (χ4n) is 3.70. The quantitative estimate of drug-likeness (QED) is 0.644. The van der Waals surface area contributed by atoms with Crippen LogP contribution in [0.25, 0.3) is 0 Å². The summed E-state index contributed by atoms with van der Waals surface area (Å²) in [6.45, 7) is 6.78. The molecule has 25 heavy (non-hydrogen) atoms. The van der Waals surface area contributed by atoms with E-state index in [4.69, 9.17) is 14.0 Å². The molecule has 0 spiro atoms. The third-order valence-electron chi connectivity index (χ3n) is 4.82. The predicted molar refractivity (Wildman–Crippen MR) is 88.6 cm³/mol. The van der Waals surface area contributed by atoms with E-state index in [-0.39, 0.29) is 30.9 Å². The predicted octanol–water partition coefficient (Wildman–Crippen LogP) is 0.763. The number of fused-ring (bicyclic) bond motifs is 1. The maximum absolute atomic E-state index is 12.2. The number of hydrogen-bond donors (Lipinski definition) is 0. The number of rotatable bonds is 1. The van der Waals surface area contributed by atoms with E-state index in [1.807, 2.05) is 20.8 Å². The van der Waals surface area contributed by atoms with Gasteiger partial charge in [-0.05, 0) is 46.1 Å². The Morgan fingerprint density at radius 3 is 2.32 bits per heavy atom. The molecule has 0 radical (unpaired) electrons. The van der Waals surface area contributed by atoms with Gasteiger partial charge in [0.1, 0.15) is 5.60 Å². The lowest BCUT2D eigenvalue weighted by Crippen LogP contribution is -2.43. The van der Waals surface area contributed by atoms with Crippen molar-refractivity contribution < 1.29 is 28.4 Å². The summed E-state index contributed by atoms with van der Waals surface area (Å²) >= 11 is 0. The van der Waals surface area contributed by atoms with E-state index < -0.39 is 24.7 Å². The molecule has 3 rings (SSSR count). The largest absolute Gasteiger partial charge is 0.602 e. The Morgan fingerprint density at radius 2 is 1.76 bits per heavy atom. The standard InChI is InChI=1S/C16H25BN2O6/c1-16(2,3)23-15(22)19-6-5-10-11(7-19)14(10)17-24-12(20)8-18(4)9-13(21)25-17/h10-11,14H,5-9H2,1-4H3/t10-,11+,14+/m0/s1. The Bertz CT molecular complexity index is 557. The van der Waals surface area contributed by atoms with Gasteiger partial charge in [0.2, 0.25) is 0 Å². The van der Waals surface area contributed by atoms with Crippen LogP contribution >= 0.6 is 0 Å². The maximum atomic E-state index is 12.2. The van der Waals surface area contributed by atoms with Crippen molar-refractivity contribution in [2.75, 3.05) is 33.2 Å². The minimum Gasteiger partial charge on any atom is -0.498 e. The van der Waals surface area contributed by atoms with Gasteiger partial charge in [0.25, 0.3) is 0 Å². The molecule has 0 unspecified atom stereocenters. The normalized spacial score (nSPS) is 30.6. The van der Waals surface area contributed by atoms with Crippen molar-refractivity contribution in [1.82, 2.24) is 9.80 Å². The number of nitrogens with zero attached hydrogens (tertiary/aromatic N) is 2. The monoisotopic (exact) mass is 352 g/mol. The molecule has 2 saturated heterocycles. The lowest BCUT2D eigenvalue weighted by Gasteiger charge is -2.29. The van der Waals surface area contributed by atoms with E-state index >= 15 is 0 Å². The van der Waals surface area contributed by atoms with Gasteiger partial charge in [-0.2, -0.15) is 0 Å². The molecule has 1 aliphatic carbocycles. The summed E-state index contributed by atoms with van der Waals surface area (Å²) in [4.78, 5) is 39.3. The van der Waals surface area contributed by atoms with Gasteiger partial charge in [0.15, 0.2) is 0 Å². The summed E-state index contributed by atoms with van der Waals surface area (Å²) in [5.74, 6) is -0.352. The first-order chi connectivity index (χ1) is 11.6. The van der Waals surface area contributed by atoms with Crippen molar-refractivity contribution in [3.05, 3.63) is 0 Å². The van der Waals surface area contributed by atoms with Crippen LogP contribution in [-0.4, -0.2) is 73.8 Å². The Labute approximate surface area is 147 Å². The van der Waals surface area contributed by atoms with Gasteiger partial charge in [-0.1, -0.05) is 0 Å². The van der Waals surface area contributed by atoms with Crippen LogP contribution in [0.4, 0.5) is 4.79 Å². The zero-order valence-corrected chi connectivity index (χ0v) is 15.2. The first-order valence-electron chi connectivity index (χ1n) is 8.69. The van der Waals surface area contributed by atoms with E-state index in [0.717, 1.165) is 6.42 Å². The molecule has 138 valence electrons. The third kappa shape index (κ3) is 4.26. The lowest BCUT2D eigenvalue weighted by atomic mass is 9.78. The van der Waals surface area contributed by atoms with Gasteiger partial charge in [-0.15, -0.1) is 0 Å². The van der Waals surface area contributed by atoms with E-state index in [0.29, 0.717) is 19.0 Å². The number of piperidine rings is 1. The van der Waals surface area contributed by atoms with Gasteiger partial charge in [-0.3, -0.25) is 14.5 Å². The number of likely N-dealkylation sites (tertiary alicyclic amines) is 1. The molecule has 1 saturated carbocycles. The summed E-state index contributed by atoms with van der Waals surface area (Å²) in [6, 6.07) is 0. The Kier molecular flexibility index (Phi) is 4.70. The second-order valence-electron chi connectivity index (χ2n) is 8.14. The van der Waals surface area contributed by atoms with Crippen LogP contribution in [0, 0.1) is 11.8 Å². The highest BCUT2D eigenvalue weighted by atomic mass is 16.6. The lowest BCUT2D eigenvalue weighted by molar-refractivity contribution is -0.145. The van der Waals surface area contributed by atoms with Gasteiger partial charge >= 0.3 is 25.2 Å². The SMILES string of the molecule is CN1CC(=O)OB([C@H]2[C@@H]3CN(C(=O)OC(C)(C)C)CC[C@@H]32)OC(=O)C1. The van der Waals surface area contributed by atoms with E-state index in [1.54, 1.807) is 16.8 Å². The maximum Gasteiger partial charge on any atom is 0.602 e. The molecule has 2 heterocycles. The fourth-order valence-corrected chi connectivity index (χ4v) is 3.70. The van der Waals surface area contributed by atoms with Gasteiger partial charge in [0, 0.05) is 18.9 Å². The van der Waals surface area contributed by atoms with Gasteiger partial charge < -0.3 is 18.9 Å². The number of likely N-dealkylation sites (N-methyl/N-ethyl adjacent to an activating group) is 1. The summed E-state index contributed by atoms with van der Waals surface area (Å²) in [5.41, 5.74) is -0.534. The zero-order valence-electron chi connectivity index (χ0n) is 15.2. The highest BCUT2D eigenvalue weighted by Crippen LogP contribution is 2.58. The average molecular weight is 352 g/mol. The van der Waals surface area contributed by atoms with Gasteiger partial charge in [0.05, 0.1) is 13.1 Å². The highest BCUT2D eigenvalue weighted by Gasteiger charge is 2.63. The van der Waals surface area contributed by atoms with Crippen molar-refractivity contribution in [2.24, 2.45) is 11.8 Å². The highest BCUT2D eigenvalue weighted by molar-refractivity contribution is 6.52. The summed E-state index contributed by atoms with van der Waals surface area (Å²) in [5, 5.41) is 0. The van der Waals surface area contributed by atoms with Crippen molar-refractivity contribution in [3.63, 3.8) is 0 Å². The topological polar surface area (TPSA) is 85.4 Å². The molecular formula is C16H25BN2O6. The smallest absolute Gasteiger partial charge is 0.498 e. The van der Waals surface area contributed by atoms with Crippen LogP contribution in [0.15, 0.2) is 0 Å². The Hall–Kier alpha value is -1.77. The second kappa shape index (κ2) is 6.51. The zero-order chi connectivity index (χ0) is 18.4. The molecule has 1 amide bonds. The first-order valence-corrected chi connectivity index (χ1v) is 8.69. The number of amides is 1. The molecule has 0 aromatic heterocycles. The summed E-state index contributed by atoms with van der Waals surface area (Å²) in [6.07, 6.45) is 0.463. The van der Waals surface area contributed by atoms with Crippen molar-refractivity contribution in [2.45, 2.75) is 38.6 Å². The molecule has 0 N–H and O–H groups in total. The fraction of sp³-hybridized carbons (Fsp3) is 0.812. The molecule has 3 fully saturated rings. The average Bonchev–Trinajstić information content (AvgIpc) is 3.15. The first kappa shape index (κ1) is 18.0. The second-order valence-corrected chi connectivity index (χ2v) is 8.14. The molecule has 8 nitrogen and oxygen atoms in total. The summed E-state index contributed by atoms with van der Waals surface area (Å²) in [7, 11) is 0.820. The van der Waals surface area contributed by atoms with Crippen LogP contribution in [0.5, 0.6) is 0 Å². The molecule has 0 aromatic rings. The minimum atomic E-state index is -0.845. The minimum absolute atomic E-state index is 0.0382. The van der Waals surface area contributed by atoms with Crippen LogP contribution in [0.2, 0.25) is 5.82 Å². The van der Waals surface area contributed by atoms with Crippen molar-refractivity contribution in [3.8, 4) is 0 Å². The molecule has 3 atom stereocenters. The Morgan fingerprint density at radius 1 is 1.16 bits per heavy atom. The van der Waals surface area contributed by atoms with Crippen LogP contribution < -0.4 is 0 Å². The van der Waals surface area contributed by atoms with E-state index in [1.165, 1.54) is 0 Å². The number of ether oxygens (including phenoxy) is 1. The van der Waals surface area contributed by atoms with E-state index in [2.05, 4.69) is 0 Å². The summed E-state index contributed by atoms with van der Waals surface area (Å²) < 4.78 is 16.1. The molecule has 9 heteroatoms. The molecule has 2 aliphatic heterocycles. The number of carbonyl (C=O) groups is 3. The molecule has 0 aromatic carbocycles. The Balaban J connectivity index is 1.60. The van der Waals surface area contributed by atoms with Crippen molar-refractivity contribution in [1.29, 1.82) is 0 Å². The number of hydrogen-bond acceptors (Lipinski definition) is 7. The molecular weight excluding hydrogens is 327 g/mol. The van der Waals surface area contributed by atoms with Crippen LogP contribution in [0.1, 0.15) is 27.2 Å². The third-order valence-corrected chi connectivity index (χ3v) is 4.82. The van der Waals surface area contributed by atoms with Gasteiger partial charge in [-0.25, -0.2) is 4.79 Å². The number of carbonyl (C=O) groups excluding carboxylic acids is 3. The van der Waals surface area contributed by atoms with Crippen LogP contribution in [0.3, 0.4) is 0 Å². The molecule has 3 aliphatic rings. The van der Waals surface area contributed by atoms with E-state index in [9.17, 15) is 14.4 Å².